The van der Waals surface area contributed by atoms with Crippen LogP contribution in [0.4, 0.5) is 18.3 Å². The third-order valence-electron chi connectivity index (χ3n) is 3.27. The normalized spacial score (nSPS) is 11.9. The number of alkyl halides is 3. The van der Waals surface area contributed by atoms with Gasteiger partial charge in [0, 0.05) is 30.1 Å². The smallest absolute Gasteiger partial charge is 0.422 e. The van der Waals surface area contributed by atoms with Crippen molar-refractivity contribution in [3.05, 3.63) is 29.1 Å². The summed E-state index contributed by atoms with van der Waals surface area (Å²) in [4.78, 5) is 7.40. The summed E-state index contributed by atoms with van der Waals surface area (Å²) in [5, 5.41) is 3.78. The molecule has 0 bridgehead atoms. The van der Waals surface area contributed by atoms with Crippen LogP contribution in [0.25, 0.3) is 11.3 Å². The minimum atomic E-state index is -4.35. The number of hydrogen-bond acceptors (Lipinski definition) is 6. The summed E-state index contributed by atoms with van der Waals surface area (Å²) in [7, 11) is 4.00. The van der Waals surface area contributed by atoms with Crippen molar-refractivity contribution in [3.63, 3.8) is 0 Å². The molecule has 2 rings (SSSR count). The Kier molecular flexibility index (Phi) is 6.63. The van der Waals surface area contributed by atoms with Crippen molar-refractivity contribution in [2.45, 2.75) is 12.7 Å². The number of likely N-dealkylation sites (N-methyl/N-ethyl adjacent to an activating group) is 1. The van der Waals surface area contributed by atoms with E-state index in [1.807, 2.05) is 14.1 Å². The SMILES string of the molecule is CN(C)CCNCc1sc(N)nc1-c1ccc(OCC(F)(F)F)cc1. The summed E-state index contributed by atoms with van der Waals surface area (Å²) in [6.07, 6.45) is -4.35. The molecule has 1 aromatic carbocycles. The summed E-state index contributed by atoms with van der Waals surface area (Å²) >= 11 is 1.40. The number of benzene rings is 1. The molecule has 0 amide bonds. The second-order valence-electron chi connectivity index (χ2n) is 5.73. The second-order valence-corrected chi connectivity index (χ2v) is 6.85. The number of ether oxygens (including phenoxy) is 1. The summed E-state index contributed by atoms with van der Waals surface area (Å²) in [6.45, 7) is 1.06. The average molecular weight is 374 g/mol. The van der Waals surface area contributed by atoms with Crippen molar-refractivity contribution in [1.82, 2.24) is 15.2 Å². The van der Waals surface area contributed by atoms with Gasteiger partial charge in [0.05, 0.1) is 5.69 Å². The Morgan fingerprint density at radius 3 is 2.52 bits per heavy atom. The van der Waals surface area contributed by atoms with Gasteiger partial charge in [0.1, 0.15) is 5.75 Å². The van der Waals surface area contributed by atoms with E-state index in [2.05, 4.69) is 15.2 Å². The lowest BCUT2D eigenvalue weighted by Gasteiger charge is -2.11. The van der Waals surface area contributed by atoms with Gasteiger partial charge in [-0.15, -0.1) is 11.3 Å². The zero-order valence-corrected chi connectivity index (χ0v) is 14.9. The number of nitrogens with zero attached hydrogens (tertiary/aromatic N) is 2. The van der Waals surface area contributed by atoms with Crippen LogP contribution >= 0.6 is 11.3 Å². The van der Waals surface area contributed by atoms with Crippen LogP contribution in [0.3, 0.4) is 0 Å². The maximum absolute atomic E-state index is 12.2. The highest BCUT2D eigenvalue weighted by Gasteiger charge is 2.28. The quantitative estimate of drug-likeness (QED) is 0.696. The number of nitrogens with two attached hydrogens (primary N) is 1. The van der Waals surface area contributed by atoms with Gasteiger partial charge in [-0.3, -0.25) is 0 Å². The Morgan fingerprint density at radius 1 is 1.24 bits per heavy atom. The van der Waals surface area contributed by atoms with Crippen molar-refractivity contribution >= 4 is 16.5 Å². The van der Waals surface area contributed by atoms with Gasteiger partial charge in [0.2, 0.25) is 0 Å². The molecule has 0 aliphatic heterocycles. The molecule has 2 aromatic rings. The molecule has 138 valence electrons. The van der Waals surface area contributed by atoms with E-state index in [1.54, 1.807) is 12.1 Å². The molecule has 0 radical (unpaired) electrons. The molecule has 0 fully saturated rings. The van der Waals surface area contributed by atoms with Crippen LogP contribution < -0.4 is 15.8 Å². The van der Waals surface area contributed by atoms with Gasteiger partial charge >= 0.3 is 6.18 Å². The predicted octanol–water partition coefficient (Wildman–Crippen LogP) is 2.98. The molecule has 25 heavy (non-hydrogen) atoms. The van der Waals surface area contributed by atoms with Gasteiger partial charge < -0.3 is 20.7 Å². The van der Waals surface area contributed by atoms with Crippen LogP contribution in [-0.4, -0.2) is 49.9 Å². The molecule has 0 aliphatic rings. The van der Waals surface area contributed by atoms with Crippen LogP contribution in [0.15, 0.2) is 24.3 Å². The second kappa shape index (κ2) is 8.50. The summed E-state index contributed by atoms with van der Waals surface area (Å²) in [5.41, 5.74) is 7.34. The van der Waals surface area contributed by atoms with Crippen LogP contribution in [0, 0.1) is 0 Å². The Balaban J connectivity index is 2.03. The standard InChI is InChI=1S/C16H21F3N4OS/c1-23(2)8-7-21-9-13-14(22-15(20)25-13)11-3-5-12(6-4-11)24-10-16(17,18)19/h3-6,21H,7-10H2,1-2H3,(H2,20,22). The van der Waals surface area contributed by atoms with Crippen molar-refractivity contribution in [3.8, 4) is 17.0 Å². The molecule has 3 N–H and O–H groups in total. The molecular weight excluding hydrogens is 353 g/mol. The lowest BCUT2D eigenvalue weighted by atomic mass is 10.1. The van der Waals surface area contributed by atoms with E-state index in [0.29, 0.717) is 11.7 Å². The summed E-state index contributed by atoms with van der Waals surface area (Å²) in [6, 6.07) is 6.37. The number of halogens is 3. The van der Waals surface area contributed by atoms with E-state index in [9.17, 15) is 13.2 Å². The zero-order valence-electron chi connectivity index (χ0n) is 14.1. The lowest BCUT2D eigenvalue weighted by Crippen LogP contribution is -2.26. The highest BCUT2D eigenvalue weighted by atomic mass is 32.1. The van der Waals surface area contributed by atoms with Gasteiger partial charge in [-0.2, -0.15) is 13.2 Å². The zero-order chi connectivity index (χ0) is 18.4. The molecule has 0 saturated carbocycles. The number of aromatic nitrogens is 1. The van der Waals surface area contributed by atoms with Crippen LogP contribution in [-0.2, 0) is 6.54 Å². The number of nitrogens with one attached hydrogen (secondary N) is 1. The van der Waals surface area contributed by atoms with Crippen molar-refractivity contribution in [2.24, 2.45) is 0 Å². The van der Waals surface area contributed by atoms with Crippen LogP contribution in [0.5, 0.6) is 5.75 Å². The van der Waals surface area contributed by atoms with E-state index in [0.717, 1.165) is 29.2 Å². The minimum Gasteiger partial charge on any atom is -0.484 e. The first-order valence-electron chi connectivity index (χ1n) is 7.65. The molecular formula is C16H21F3N4OS. The highest BCUT2D eigenvalue weighted by molar-refractivity contribution is 7.15. The van der Waals surface area contributed by atoms with Gasteiger partial charge in [-0.25, -0.2) is 4.98 Å². The van der Waals surface area contributed by atoms with Gasteiger partial charge in [-0.1, -0.05) is 0 Å². The van der Waals surface area contributed by atoms with Crippen molar-refractivity contribution < 1.29 is 17.9 Å². The first-order valence-corrected chi connectivity index (χ1v) is 8.47. The van der Waals surface area contributed by atoms with E-state index in [1.165, 1.54) is 23.5 Å². The fraction of sp³-hybridized carbons (Fsp3) is 0.438. The fourth-order valence-corrected chi connectivity index (χ4v) is 2.92. The predicted molar refractivity (Wildman–Crippen MR) is 93.8 cm³/mol. The maximum Gasteiger partial charge on any atom is 0.422 e. The van der Waals surface area contributed by atoms with Gasteiger partial charge in [0.15, 0.2) is 11.7 Å². The van der Waals surface area contributed by atoms with E-state index in [-0.39, 0.29) is 5.75 Å². The molecule has 0 spiro atoms. The molecule has 5 nitrogen and oxygen atoms in total. The fourth-order valence-electron chi connectivity index (χ4n) is 2.09. The van der Waals surface area contributed by atoms with Crippen LogP contribution in [0.2, 0.25) is 0 Å². The molecule has 9 heteroatoms. The highest BCUT2D eigenvalue weighted by Crippen LogP contribution is 2.31. The average Bonchev–Trinajstić information content (AvgIpc) is 2.90. The Morgan fingerprint density at radius 2 is 1.92 bits per heavy atom. The Hall–Kier alpha value is -1.84. The Labute approximate surface area is 148 Å². The largest absolute Gasteiger partial charge is 0.484 e. The van der Waals surface area contributed by atoms with Crippen molar-refractivity contribution in [1.29, 1.82) is 0 Å². The van der Waals surface area contributed by atoms with Gasteiger partial charge in [0.25, 0.3) is 0 Å². The van der Waals surface area contributed by atoms with E-state index >= 15 is 0 Å². The third-order valence-corrected chi connectivity index (χ3v) is 4.15. The summed E-state index contributed by atoms with van der Waals surface area (Å²) in [5.74, 6) is 0.162. The number of rotatable bonds is 8. The first-order chi connectivity index (χ1) is 11.7. The molecule has 0 atom stereocenters. The minimum absolute atomic E-state index is 0.162. The monoisotopic (exact) mass is 374 g/mol. The number of anilines is 1. The summed E-state index contributed by atoms with van der Waals surface area (Å²) < 4.78 is 41.3. The number of thiazole rings is 1. The molecule has 1 aromatic heterocycles. The Bertz CT molecular complexity index is 671. The molecule has 1 heterocycles. The number of hydrogen-bond donors (Lipinski definition) is 2. The topological polar surface area (TPSA) is 63.4 Å². The number of nitrogen functional groups attached to an aromatic ring is 1. The molecule has 0 saturated heterocycles. The van der Waals surface area contributed by atoms with E-state index in [4.69, 9.17) is 10.5 Å². The van der Waals surface area contributed by atoms with Crippen molar-refractivity contribution in [2.75, 3.05) is 39.5 Å². The lowest BCUT2D eigenvalue weighted by molar-refractivity contribution is -0.153. The van der Waals surface area contributed by atoms with Crippen LogP contribution in [0.1, 0.15) is 4.88 Å². The molecule has 0 unspecified atom stereocenters. The molecule has 0 aliphatic carbocycles. The van der Waals surface area contributed by atoms with Gasteiger partial charge in [-0.05, 0) is 38.4 Å². The first kappa shape index (κ1) is 19.5. The maximum atomic E-state index is 12.2. The third kappa shape index (κ3) is 6.52. The van der Waals surface area contributed by atoms with E-state index < -0.39 is 12.8 Å².